The Morgan fingerprint density at radius 1 is 1.19 bits per heavy atom. The molecule has 4 nitrogen and oxygen atoms in total. The van der Waals surface area contributed by atoms with Gasteiger partial charge in [0.2, 0.25) is 5.91 Å². The minimum absolute atomic E-state index is 0. The van der Waals surface area contributed by atoms with E-state index in [0.29, 0.717) is 18.1 Å². The first-order valence-electron chi connectivity index (χ1n) is 8.06. The molecule has 0 aliphatic heterocycles. The largest absolute Gasteiger partial charge is 1.00 e. The molecule has 7 heteroatoms. The molecule has 1 amide bonds. The Balaban J connectivity index is 0.00000338. The fourth-order valence-corrected chi connectivity index (χ4v) is 2.93. The third-order valence-electron chi connectivity index (χ3n) is 4.00. The predicted octanol–water partition coefficient (Wildman–Crippen LogP) is 1.22. The van der Waals surface area contributed by atoms with Gasteiger partial charge in [-0.25, -0.2) is 4.39 Å². The number of rotatable bonds is 8. The molecule has 0 saturated heterocycles. The van der Waals surface area contributed by atoms with E-state index in [1.54, 1.807) is 24.3 Å². The Hall–Kier alpha value is -0.314. The number of halogens is 2. The topological polar surface area (TPSA) is 61.4 Å². The summed E-state index contributed by atoms with van der Waals surface area (Å²) < 4.78 is 19.0. The fourth-order valence-electron chi connectivity index (χ4n) is 2.80. The molecular weight excluding hydrogens is 384 g/mol. The van der Waals surface area contributed by atoms with Gasteiger partial charge in [-0.05, 0) is 48.7 Å². The summed E-state index contributed by atoms with van der Waals surface area (Å²) in [4.78, 5) is 11.6. The fraction of sp³-hybridized carbons (Fsp3) is 0.316. The average molecular weight is 404 g/mol. The predicted molar refractivity (Wildman–Crippen MR) is 95.8 cm³/mol. The molecule has 2 aromatic carbocycles. The Morgan fingerprint density at radius 3 is 2.35 bits per heavy atom. The van der Waals surface area contributed by atoms with Gasteiger partial charge in [0, 0.05) is 17.5 Å². The first-order chi connectivity index (χ1) is 12.0. The summed E-state index contributed by atoms with van der Waals surface area (Å²) in [6, 6.07) is 13.5. The van der Waals surface area contributed by atoms with Crippen molar-refractivity contribution in [1.29, 1.82) is 0 Å². The van der Waals surface area contributed by atoms with Crippen molar-refractivity contribution in [3.8, 4) is 0 Å². The van der Waals surface area contributed by atoms with Crippen molar-refractivity contribution < 1.29 is 65.3 Å². The van der Waals surface area contributed by atoms with Gasteiger partial charge in [0.25, 0.3) is 0 Å². The molecule has 2 atom stereocenters. The van der Waals surface area contributed by atoms with E-state index in [0.717, 1.165) is 11.1 Å². The van der Waals surface area contributed by atoms with Gasteiger partial charge in [-0.15, -0.1) is 0 Å². The molecular formula is C19H20ClFKNO3. The summed E-state index contributed by atoms with van der Waals surface area (Å²) in [7, 11) is 0. The number of nitrogens with one attached hydrogen (secondary N) is 1. The van der Waals surface area contributed by atoms with E-state index in [1.807, 2.05) is 19.1 Å². The van der Waals surface area contributed by atoms with Gasteiger partial charge in [0.05, 0.1) is 12.5 Å². The normalized spacial score (nSPS) is 12.8. The standard InChI is InChI=1S/C19H20ClFNO3.K/c1-2-25-18(12-19(23)22-24)17(14-5-9-16(21)10-6-14)11-13-3-7-15(20)8-4-13;/h3-10,17-18H,2,11-12H2,1H3,(H-,22,23,24);/q-1;+1/t17-,18-;/m1./s1. The monoisotopic (exact) mass is 403 g/mol. The van der Waals surface area contributed by atoms with Gasteiger partial charge in [-0.2, -0.15) is 0 Å². The van der Waals surface area contributed by atoms with E-state index < -0.39 is 12.0 Å². The maximum atomic E-state index is 13.3. The molecule has 0 heterocycles. The van der Waals surface area contributed by atoms with Crippen LogP contribution in [-0.4, -0.2) is 18.6 Å². The molecule has 0 aliphatic rings. The quantitative estimate of drug-likeness (QED) is 0.532. The molecule has 0 fully saturated rings. The molecule has 0 saturated carbocycles. The van der Waals surface area contributed by atoms with Gasteiger partial charge >= 0.3 is 51.4 Å². The van der Waals surface area contributed by atoms with Crippen LogP contribution in [0.3, 0.4) is 0 Å². The Bertz CT molecular complexity index is 682. The van der Waals surface area contributed by atoms with Crippen molar-refractivity contribution in [3.05, 3.63) is 75.7 Å². The average Bonchev–Trinajstić information content (AvgIpc) is 2.61. The smallest absolute Gasteiger partial charge is 0.759 e. The van der Waals surface area contributed by atoms with Crippen molar-refractivity contribution in [3.63, 3.8) is 0 Å². The minimum atomic E-state index is -0.637. The summed E-state index contributed by atoms with van der Waals surface area (Å²) in [5.74, 6) is -1.18. The number of hydrogen-bond acceptors (Lipinski definition) is 3. The zero-order chi connectivity index (χ0) is 18.2. The Morgan fingerprint density at radius 2 is 1.81 bits per heavy atom. The van der Waals surface area contributed by atoms with Crippen LogP contribution in [0.15, 0.2) is 48.5 Å². The first-order valence-corrected chi connectivity index (χ1v) is 8.43. The van der Waals surface area contributed by atoms with Crippen molar-refractivity contribution in [2.45, 2.75) is 31.8 Å². The molecule has 26 heavy (non-hydrogen) atoms. The van der Waals surface area contributed by atoms with Crippen LogP contribution in [0.4, 0.5) is 4.39 Å². The second-order valence-corrected chi connectivity index (χ2v) is 6.15. The number of carbonyl (C=O) groups is 1. The number of amides is 1. The van der Waals surface area contributed by atoms with E-state index in [9.17, 15) is 14.4 Å². The first kappa shape index (κ1) is 23.7. The van der Waals surface area contributed by atoms with Crippen LogP contribution < -0.4 is 56.9 Å². The van der Waals surface area contributed by atoms with Gasteiger partial charge in [0.15, 0.2) is 0 Å². The summed E-state index contributed by atoms with van der Waals surface area (Å²) >= 11 is 5.93. The van der Waals surface area contributed by atoms with Crippen LogP contribution >= 0.6 is 11.6 Å². The Labute approximate surface area is 200 Å². The van der Waals surface area contributed by atoms with E-state index >= 15 is 0 Å². The SMILES string of the molecule is CCO[C@H](CC(=O)N[O-])[C@H](Cc1ccc(Cl)cc1)c1ccc(F)cc1.[K+]. The molecule has 0 radical (unpaired) electrons. The molecule has 0 spiro atoms. The number of hydroxylamine groups is 1. The summed E-state index contributed by atoms with van der Waals surface area (Å²) in [6.07, 6.45) is 0.00661. The third kappa shape index (κ3) is 7.36. The number of benzene rings is 2. The molecule has 0 aliphatic carbocycles. The molecule has 2 aromatic rings. The molecule has 0 aromatic heterocycles. The minimum Gasteiger partial charge on any atom is -0.759 e. The van der Waals surface area contributed by atoms with Gasteiger partial charge in [-0.1, -0.05) is 35.9 Å². The van der Waals surface area contributed by atoms with E-state index in [1.165, 1.54) is 17.6 Å². The van der Waals surface area contributed by atoms with Crippen LogP contribution in [0.1, 0.15) is 30.4 Å². The molecule has 134 valence electrons. The van der Waals surface area contributed by atoms with Crippen LogP contribution in [0.2, 0.25) is 5.02 Å². The van der Waals surface area contributed by atoms with E-state index in [2.05, 4.69) is 0 Å². The van der Waals surface area contributed by atoms with Crippen LogP contribution in [-0.2, 0) is 16.0 Å². The number of ether oxygens (including phenoxy) is 1. The summed E-state index contributed by atoms with van der Waals surface area (Å²) in [5.41, 5.74) is 3.24. The maximum Gasteiger partial charge on any atom is 1.00 e. The second-order valence-electron chi connectivity index (χ2n) is 5.71. The molecule has 1 N–H and O–H groups in total. The molecule has 2 rings (SSSR count). The zero-order valence-corrected chi connectivity index (χ0v) is 18.8. The number of hydrogen-bond donors (Lipinski definition) is 1. The van der Waals surface area contributed by atoms with Crippen LogP contribution in [0.5, 0.6) is 0 Å². The van der Waals surface area contributed by atoms with Crippen LogP contribution in [0.25, 0.3) is 0 Å². The Kier molecular flexibility index (Phi) is 11.1. The van der Waals surface area contributed by atoms with E-state index in [-0.39, 0.29) is 69.5 Å². The van der Waals surface area contributed by atoms with Crippen LogP contribution in [0, 0.1) is 11.0 Å². The van der Waals surface area contributed by atoms with Gasteiger partial charge < -0.3 is 15.4 Å². The molecule has 0 bridgehead atoms. The van der Waals surface area contributed by atoms with Crippen molar-refractivity contribution in [2.75, 3.05) is 6.61 Å². The maximum absolute atomic E-state index is 13.3. The second kappa shape index (κ2) is 12.2. The summed E-state index contributed by atoms with van der Waals surface area (Å²) in [5, 5.41) is 11.3. The van der Waals surface area contributed by atoms with E-state index in [4.69, 9.17) is 16.3 Å². The van der Waals surface area contributed by atoms with Gasteiger partial charge in [-0.3, -0.25) is 4.79 Å². The van der Waals surface area contributed by atoms with Crippen molar-refractivity contribution in [2.24, 2.45) is 0 Å². The molecule has 0 unspecified atom stereocenters. The van der Waals surface area contributed by atoms with Crippen molar-refractivity contribution >= 4 is 17.5 Å². The number of carbonyl (C=O) groups excluding carboxylic acids is 1. The van der Waals surface area contributed by atoms with Gasteiger partial charge in [0.1, 0.15) is 5.82 Å². The van der Waals surface area contributed by atoms with Crippen molar-refractivity contribution in [1.82, 2.24) is 5.48 Å². The third-order valence-corrected chi connectivity index (χ3v) is 4.25. The zero-order valence-electron chi connectivity index (χ0n) is 14.9. The summed E-state index contributed by atoms with van der Waals surface area (Å²) in [6.45, 7) is 2.22.